The number of piperazine rings is 1. The Kier molecular flexibility index (Phi) is 5.24. The number of anilines is 1. The average molecular weight is 425 g/mol. The minimum absolute atomic E-state index is 0.0149. The van der Waals surface area contributed by atoms with Gasteiger partial charge in [0.2, 0.25) is 5.91 Å². The molecular formula is C18H18F3N5O2S. The molecule has 0 aliphatic carbocycles. The van der Waals surface area contributed by atoms with E-state index in [-0.39, 0.29) is 17.4 Å². The fourth-order valence-electron chi connectivity index (χ4n) is 3.45. The molecular weight excluding hydrogens is 407 g/mol. The predicted octanol–water partition coefficient (Wildman–Crippen LogP) is 1.73. The Morgan fingerprint density at radius 2 is 1.86 bits per heavy atom. The van der Waals surface area contributed by atoms with Crippen LogP contribution in [0.5, 0.6) is 0 Å². The van der Waals surface area contributed by atoms with Gasteiger partial charge >= 0.3 is 6.18 Å². The molecule has 4 heterocycles. The van der Waals surface area contributed by atoms with Crippen molar-refractivity contribution in [1.82, 2.24) is 19.4 Å². The van der Waals surface area contributed by atoms with Gasteiger partial charge in [0.1, 0.15) is 5.82 Å². The van der Waals surface area contributed by atoms with E-state index in [4.69, 9.17) is 0 Å². The maximum absolute atomic E-state index is 12.9. The van der Waals surface area contributed by atoms with E-state index in [2.05, 4.69) is 9.97 Å². The molecule has 1 saturated heterocycles. The van der Waals surface area contributed by atoms with Crippen molar-refractivity contribution in [2.75, 3.05) is 36.8 Å². The van der Waals surface area contributed by atoms with Crippen LogP contribution in [0.2, 0.25) is 0 Å². The SMILES string of the molecule is O=C([C@@H]1CSc2nccc(=O)n2C1)N1CCN(c2ccc(C(F)(F)F)cn2)CC1. The number of nitrogens with zero attached hydrogens (tertiary/aromatic N) is 5. The summed E-state index contributed by atoms with van der Waals surface area (Å²) in [5.41, 5.74) is -0.951. The first-order valence-electron chi connectivity index (χ1n) is 9.08. The van der Waals surface area contributed by atoms with Crippen molar-refractivity contribution in [3.05, 3.63) is 46.5 Å². The quantitative estimate of drug-likeness (QED) is 0.683. The van der Waals surface area contributed by atoms with Crippen LogP contribution in [0, 0.1) is 5.92 Å². The number of halogens is 3. The lowest BCUT2D eigenvalue weighted by Crippen LogP contribution is -2.52. The fraction of sp³-hybridized carbons (Fsp3) is 0.444. The van der Waals surface area contributed by atoms with Crippen LogP contribution in [0.25, 0.3) is 0 Å². The summed E-state index contributed by atoms with van der Waals surface area (Å²) in [6.45, 7) is 2.20. The largest absolute Gasteiger partial charge is 0.417 e. The number of thioether (sulfide) groups is 1. The summed E-state index contributed by atoms with van der Waals surface area (Å²) in [6, 6.07) is 3.75. The van der Waals surface area contributed by atoms with Gasteiger partial charge in [-0.1, -0.05) is 11.8 Å². The molecule has 2 aliphatic rings. The zero-order chi connectivity index (χ0) is 20.6. The third-order valence-electron chi connectivity index (χ3n) is 5.06. The molecule has 29 heavy (non-hydrogen) atoms. The Morgan fingerprint density at radius 3 is 2.52 bits per heavy atom. The molecule has 154 valence electrons. The topological polar surface area (TPSA) is 71.3 Å². The van der Waals surface area contributed by atoms with Crippen LogP contribution in [-0.4, -0.2) is 57.3 Å². The second kappa shape index (κ2) is 7.69. The summed E-state index contributed by atoms with van der Waals surface area (Å²) in [7, 11) is 0. The molecule has 0 spiro atoms. The Balaban J connectivity index is 1.37. The Hall–Kier alpha value is -2.56. The summed E-state index contributed by atoms with van der Waals surface area (Å²) in [5.74, 6) is 0.713. The first kappa shape index (κ1) is 19.7. The standard InChI is InChI=1S/C18H18F3N5O2S/c19-18(20,21)13-1-2-14(23-9-13)24-5-7-25(8-6-24)16(28)12-10-26-15(27)3-4-22-17(26)29-11-12/h1-4,9,12H,5-8,10-11H2/t12-/m0/s1. The Bertz CT molecular complexity index is 955. The maximum Gasteiger partial charge on any atom is 0.417 e. The van der Waals surface area contributed by atoms with Gasteiger partial charge in [0.25, 0.3) is 5.56 Å². The van der Waals surface area contributed by atoms with Gasteiger partial charge in [-0.3, -0.25) is 14.2 Å². The molecule has 7 nitrogen and oxygen atoms in total. The summed E-state index contributed by atoms with van der Waals surface area (Å²) >= 11 is 1.40. The smallest absolute Gasteiger partial charge is 0.353 e. The van der Waals surface area contributed by atoms with Crippen LogP contribution in [0.1, 0.15) is 5.56 Å². The summed E-state index contributed by atoms with van der Waals surface area (Å²) in [5, 5.41) is 0.625. The Morgan fingerprint density at radius 1 is 1.10 bits per heavy atom. The number of amides is 1. The second-order valence-electron chi connectivity index (χ2n) is 6.90. The molecule has 2 aliphatic heterocycles. The molecule has 0 radical (unpaired) electrons. The number of hydrogen-bond donors (Lipinski definition) is 0. The van der Waals surface area contributed by atoms with Crippen molar-refractivity contribution in [3.8, 4) is 0 Å². The molecule has 4 rings (SSSR count). The highest BCUT2D eigenvalue weighted by atomic mass is 32.2. The van der Waals surface area contributed by atoms with Crippen LogP contribution in [0.3, 0.4) is 0 Å². The highest BCUT2D eigenvalue weighted by Crippen LogP contribution is 2.30. The molecule has 0 N–H and O–H groups in total. The first-order chi connectivity index (χ1) is 13.8. The van der Waals surface area contributed by atoms with Crippen molar-refractivity contribution >= 4 is 23.5 Å². The molecule has 11 heteroatoms. The van der Waals surface area contributed by atoms with Crippen molar-refractivity contribution < 1.29 is 18.0 Å². The molecule has 2 aromatic heterocycles. The van der Waals surface area contributed by atoms with Crippen LogP contribution in [0.15, 0.2) is 40.5 Å². The molecule has 0 saturated carbocycles. The van der Waals surface area contributed by atoms with Gasteiger partial charge in [-0.05, 0) is 12.1 Å². The molecule has 1 amide bonds. The van der Waals surface area contributed by atoms with E-state index >= 15 is 0 Å². The molecule has 1 fully saturated rings. The van der Waals surface area contributed by atoms with E-state index in [0.717, 1.165) is 12.3 Å². The number of pyridine rings is 1. The normalized spacial score (nSPS) is 19.8. The number of rotatable bonds is 2. The summed E-state index contributed by atoms with van der Waals surface area (Å²) in [4.78, 5) is 36.6. The lowest BCUT2D eigenvalue weighted by atomic mass is 10.1. The second-order valence-corrected chi connectivity index (χ2v) is 7.89. The molecule has 2 aromatic rings. The lowest BCUT2D eigenvalue weighted by molar-refractivity contribution is -0.138. The first-order valence-corrected chi connectivity index (χ1v) is 10.1. The van der Waals surface area contributed by atoms with Crippen molar-refractivity contribution in [1.29, 1.82) is 0 Å². The lowest BCUT2D eigenvalue weighted by Gasteiger charge is -2.37. The van der Waals surface area contributed by atoms with Crippen molar-refractivity contribution in [2.45, 2.75) is 17.9 Å². The van der Waals surface area contributed by atoms with Gasteiger partial charge in [0, 0.05) is 56.9 Å². The third kappa shape index (κ3) is 4.09. The monoisotopic (exact) mass is 425 g/mol. The number of aromatic nitrogens is 3. The van der Waals surface area contributed by atoms with Crippen LogP contribution in [-0.2, 0) is 17.5 Å². The number of fused-ring (bicyclic) bond motifs is 1. The van der Waals surface area contributed by atoms with E-state index in [9.17, 15) is 22.8 Å². The maximum atomic E-state index is 12.9. The van der Waals surface area contributed by atoms with E-state index in [1.807, 2.05) is 4.90 Å². The van der Waals surface area contributed by atoms with E-state index in [1.54, 1.807) is 4.90 Å². The summed E-state index contributed by atoms with van der Waals surface area (Å²) in [6.07, 6.45) is -2.11. The van der Waals surface area contributed by atoms with Crippen molar-refractivity contribution in [2.24, 2.45) is 5.92 Å². The third-order valence-corrected chi connectivity index (χ3v) is 6.21. The molecule has 1 atom stereocenters. The van der Waals surface area contributed by atoms with Crippen molar-refractivity contribution in [3.63, 3.8) is 0 Å². The van der Waals surface area contributed by atoms with Gasteiger partial charge < -0.3 is 9.80 Å². The highest BCUT2D eigenvalue weighted by Gasteiger charge is 2.33. The van der Waals surface area contributed by atoms with E-state index in [1.165, 1.54) is 34.7 Å². The minimum Gasteiger partial charge on any atom is -0.353 e. The van der Waals surface area contributed by atoms with E-state index < -0.39 is 11.7 Å². The highest BCUT2D eigenvalue weighted by molar-refractivity contribution is 7.99. The van der Waals surface area contributed by atoms with E-state index in [0.29, 0.717) is 49.5 Å². The van der Waals surface area contributed by atoms with Gasteiger partial charge in [-0.25, -0.2) is 9.97 Å². The Labute approximate surface area is 168 Å². The van der Waals surface area contributed by atoms with Gasteiger partial charge in [-0.2, -0.15) is 13.2 Å². The zero-order valence-electron chi connectivity index (χ0n) is 15.3. The summed E-state index contributed by atoms with van der Waals surface area (Å²) < 4.78 is 39.5. The van der Waals surface area contributed by atoms with Gasteiger partial charge in [-0.15, -0.1) is 0 Å². The van der Waals surface area contributed by atoms with Gasteiger partial charge in [0.05, 0.1) is 11.5 Å². The molecule has 0 bridgehead atoms. The molecule has 0 unspecified atom stereocenters. The van der Waals surface area contributed by atoms with Crippen LogP contribution >= 0.6 is 11.8 Å². The molecule has 0 aromatic carbocycles. The number of carbonyl (C=O) groups excluding carboxylic acids is 1. The predicted molar refractivity (Wildman–Crippen MR) is 101 cm³/mol. The average Bonchev–Trinajstić information content (AvgIpc) is 2.73. The minimum atomic E-state index is -4.41. The number of carbonyl (C=O) groups is 1. The number of hydrogen-bond acceptors (Lipinski definition) is 6. The zero-order valence-corrected chi connectivity index (χ0v) is 16.1. The van der Waals surface area contributed by atoms with Gasteiger partial charge in [0.15, 0.2) is 5.16 Å². The fourth-order valence-corrected chi connectivity index (χ4v) is 4.51. The van der Waals surface area contributed by atoms with Crippen LogP contribution in [0.4, 0.5) is 19.0 Å². The number of alkyl halides is 3. The van der Waals surface area contributed by atoms with Crippen LogP contribution < -0.4 is 10.5 Å².